The van der Waals surface area contributed by atoms with Crippen molar-refractivity contribution in [3.05, 3.63) is 29.6 Å². The first-order valence-corrected chi connectivity index (χ1v) is 3.29. The summed E-state index contributed by atoms with van der Waals surface area (Å²) in [5.74, 6) is -1.27. The van der Waals surface area contributed by atoms with Crippen LogP contribution in [0.1, 0.15) is 10.4 Å². The molecule has 0 amide bonds. The topological polar surface area (TPSA) is 43.1 Å². The second-order valence-corrected chi connectivity index (χ2v) is 2.29. The van der Waals surface area contributed by atoms with Crippen molar-refractivity contribution in [2.75, 3.05) is 12.4 Å². The van der Waals surface area contributed by atoms with Crippen molar-refractivity contribution >= 4 is 11.5 Å². The highest BCUT2D eigenvalue weighted by molar-refractivity contribution is 6.01. The average Bonchev–Trinajstić information content (AvgIpc) is 2.03. The standard InChI is InChI=1S/C8H7F2NO/c9-4-8(12)6-2-1-5(10)3-7(6)11/h1-3H,4,11H2. The highest BCUT2D eigenvalue weighted by Crippen LogP contribution is 2.13. The lowest BCUT2D eigenvalue weighted by Crippen LogP contribution is -2.05. The zero-order valence-electron chi connectivity index (χ0n) is 6.18. The molecule has 1 aromatic rings. The van der Waals surface area contributed by atoms with E-state index in [1.54, 1.807) is 0 Å². The van der Waals surface area contributed by atoms with Crippen LogP contribution in [0.25, 0.3) is 0 Å². The summed E-state index contributed by atoms with van der Waals surface area (Å²) in [6.07, 6.45) is 0. The fourth-order valence-corrected chi connectivity index (χ4v) is 0.860. The summed E-state index contributed by atoms with van der Waals surface area (Å²) in [5.41, 5.74) is 5.27. The molecule has 0 fully saturated rings. The van der Waals surface area contributed by atoms with Gasteiger partial charge in [0.15, 0.2) is 12.5 Å². The zero-order valence-corrected chi connectivity index (χ0v) is 6.18. The Labute approximate surface area is 68.0 Å². The molecule has 0 bridgehead atoms. The van der Waals surface area contributed by atoms with Gasteiger partial charge in [-0.05, 0) is 18.2 Å². The second-order valence-electron chi connectivity index (χ2n) is 2.29. The average molecular weight is 171 g/mol. The number of carbonyl (C=O) groups is 1. The van der Waals surface area contributed by atoms with Gasteiger partial charge < -0.3 is 5.73 Å². The zero-order chi connectivity index (χ0) is 9.14. The molecule has 1 rings (SSSR count). The minimum Gasteiger partial charge on any atom is -0.398 e. The van der Waals surface area contributed by atoms with Gasteiger partial charge in [-0.3, -0.25) is 4.79 Å². The second kappa shape index (κ2) is 3.30. The molecule has 0 atom stereocenters. The number of alkyl halides is 1. The monoisotopic (exact) mass is 171 g/mol. The van der Waals surface area contributed by atoms with Gasteiger partial charge in [0.1, 0.15) is 5.82 Å². The van der Waals surface area contributed by atoms with Crippen LogP contribution < -0.4 is 5.73 Å². The molecule has 0 saturated carbocycles. The Morgan fingerprint density at radius 1 is 1.50 bits per heavy atom. The molecule has 2 N–H and O–H groups in total. The normalized spacial score (nSPS) is 9.83. The number of rotatable bonds is 2. The Bertz CT molecular complexity index is 312. The lowest BCUT2D eigenvalue weighted by Gasteiger charge is -2.00. The number of Topliss-reactive ketones (excluding diaryl/α,β-unsaturated/α-hetero) is 1. The molecule has 2 nitrogen and oxygen atoms in total. The maximum atomic E-state index is 12.4. The van der Waals surface area contributed by atoms with Crippen LogP contribution in [-0.4, -0.2) is 12.5 Å². The number of carbonyl (C=O) groups excluding carboxylic acids is 1. The number of ketones is 1. The van der Waals surface area contributed by atoms with E-state index in [0.29, 0.717) is 0 Å². The summed E-state index contributed by atoms with van der Waals surface area (Å²) >= 11 is 0. The van der Waals surface area contributed by atoms with E-state index in [9.17, 15) is 13.6 Å². The first-order chi connectivity index (χ1) is 5.65. The van der Waals surface area contributed by atoms with Gasteiger partial charge in [0.05, 0.1) is 0 Å². The Hall–Kier alpha value is -1.45. The maximum Gasteiger partial charge on any atom is 0.195 e. The lowest BCUT2D eigenvalue weighted by atomic mass is 10.1. The van der Waals surface area contributed by atoms with E-state index in [0.717, 1.165) is 12.1 Å². The van der Waals surface area contributed by atoms with Crippen LogP contribution in [0.5, 0.6) is 0 Å². The van der Waals surface area contributed by atoms with Crippen LogP contribution in [0.2, 0.25) is 0 Å². The number of anilines is 1. The molecule has 0 aliphatic heterocycles. The first kappa shape index (κ1) is 8.64. The molecule has 4 heteroatoms. The third kappa shape index (κ3) is 1.58. The molecule has 0 unspecified atom stereocenters. The van der Waals surface area contributed by atoms with Crippen molar-refractivity contribution in [2.45, 2.75) is 0 Å². The van der Waals surface area contributed by atoms with E-state index in [2.05, 4.69) is 0 Å². The molecule has 0 spiro atoms. The Kier molecular flexibility index (Phi) is 2.38. The van der Waals surface area contributed by atoms with Gasteiger partial charge in [-0.15, -0.1) is 0 Å². The summed E-state index contributed by atoms with van der Waals surface area (Å²) in [7, 11) is 0. The number of halogens is 2. The van der Waals surface area contributed by atoms with Crippen molar-refractivity contribution in [1.29, 1.82) is 0 Å². The number of nitrogens with two attached hydrogens (primary N) is 1. The largest absolute Gasteiger partial charge is 0.398 e. The van der Waals surface area contributed by atoms with Gasteiger partial charge in [0.2, 0.25) is 0 Å². The SMILES string of the molecule is Nc1cc(F)ccc1C(=O)CF. The van der Waals surface area contributed by atoms with E-state index in [1.165, 1.54) is 6.07 Å². The Morgan fingerprint density at radius 3 is 2.67 bits per heavy atom. The predicted molar refractivity (Wildman–Crippen MR) is 41.1 cm³/mol. The summed E-state index contributed by atoms with van der Waals surface area (Å²) < 4.78 is 24.3. The number of nitrogen functional groups attached to an aromatic ring is 1. The van der Waals surface area contributed by atoms with Crippen LogP contribution in [0.15, 0.2) is 18.2 Å². The summed E-state index contributed by atoms with van der Waals surface area (Å²) in [5, 5.41) is 0. The van der Waals surface area contributed by atoms with Crippen molar-refractivity contribution in [3.8, 4) is 0 Å². The Morgan fingerprint density at radius 2 is 2.17 bits per heavy atom. The molecule has 0 aliphatic carbocycles. The predicted octanol–water partition coefficient (Wildman–Crippen LogP) is 1.56. The van der Waals surface area contributed by atoms with Crippen LogP contribution in [0.4, 0.5) is 14.5 Å². The number of hydrogen-bond acceptors (Lipinski definition) is 2. The van der Waals surface area contributed by atoms with Gasteiger partial charge in [0, 0.05) is 11.3 Å². The molecule has 12 heavy (non-hydrogen) atoms. The van der Waals surface area contributed by atoms with Gasteiger partial charge >= 0.3 is 0 Å². The van der Waals surface area contributed by atoms with Crippen molar-refractivity contribution < 1.29 is 13.6 Å². The highest BCUT2D eigenvalue weighted by Gasteiger charge is 2.08. The lowest BCUT2D eigenvalue weighted by molar-refractivity contribution is 0.0959. The summed E-state index contributed by atoms with van der Waals surface area (Å²) in [6, 6.07) is 3.23. The van der Waals surface area contributed by atoms with Gasteiger partial charge in [-0.1, -0.05) is 0 Å². The summed E-state index contributed by atoms with van der Waals surface area (Å²) in [4.78, 5) is 10.8. The van der Waals surface area contributed by atoms with Gasteiger partial charge in [0.25, 0.3) is 0 Å². The number of hydrogen-bond donors (Lipinski definition) is 1. The molecular formula is C8H7F2NO. The number of benzene rings is 1. The Balaban J connectivity index is 3.09. The van der Waals surface area contributed by atoms with Crippen LogP contribution >= 0.6 is 0 Å². The van der Waals surface area contributed by atoms with E-state index in [4.69, 9.17) is 5.73 Å². The molecule has 0 aromatic heterocycles. The van der Waals surface area contributed by atoms with E-state index >= 15 is 0 Å². The van der Waals surface area contributed by atoms with E-state index in [1.807, 2.05) is 0 Å². The van der Waals surface area contributed by atoms with Gasteiger partial charge in [-0.2, -0.15) is 0 Å². The fourth-order valence-electron chi connectivity index (χ4n) is 0.860. The van der Waals surface area contributed by atoms with Crippen molar-refractivity contribution in [2.24, 2.45) is 0 Å². The minimum atomic E-state index is -1.12. The fraction of sp³-hybridized carbons (Fsp3) is 0.125. The first-order valence-electron chi connectivity index (χ1n) is 3.29. The van der Waals surface area contributed by atoms with Crippen molar-refractivity contribution in [3.63, 3.8) is 0 Å². The molecule has 0 aliphatic rings. The molecule has 64 valence electrons. The molecular weight excluding hydrogens is 164 g/mol. The quantitative estimate of drug-likeness (QED) is 0.542. The highest BCUT2D eigenvalue weighted by atomic mass is 19.1. The van der Waals surface area contributed by atoms with Crippen LogP contribution in [-0.2, 0) is 0 Å². The van der Waals surface area contributed by atoms with Crippen LogP contribution in [0, 0.1) is 5.82 Å². The molecule has 0 heterocycles. The van der Waals surface area contributed by atoms with Crippen LogP contribution in [0.3, 0.4) is 0 Å². The minimum absolute atomic E-state index is 0.0268. The molecule has 1 aromatic carbocycles. The van der Waals surface area contributed by atoms with Crippen molar-refractivity contribution in [1.82, 2.24) is 0 Å². The third-order valence-corrected chi connectivity index (χ3v) is 1.44. The summed E-state index contributed by atoms with van der Waals surface area (Å²) in [6.45, 7) is -1.12. The van der Waals surface area contributed by atoms with E-state index < -0.39 is 18.3 Å². The van der Waals surface area contributed by atoms with E-state index in [-0.39, 0.29) is 11.3 Å². The molecule has 0 radical (unpaired) electrons. The maximum absolute atomic E-state index is 12.4. The smallest absolute Gasteiger partial charge is 0.195 e. The molecule has 0 saturated heterocycles. The van der Waals surface area contributed by atoms with Gasteiger partial charge in [-0.25, -0.2) is 8.78 Å². The third-order valence-electron chi connectivity index (χ3n) is 1.44.